The van der Waals surface area contributed by atoms with Crippen LogP contribution in [0, 0.1) is 0 Å². The molecule has 0 spiro atoms. The quantitative estimate of drug-likeness (QED) is 0.734. The van der Waals surface area contributed by atoms with Gasteiger partial charge in [0.2, 0.25) is 5.91 Å². The van der Waals surface area contributed by atoms with Crippen LogP contribution in [0.1, 0.15) is 29.8 Å². The average molecular weight is 306 g/mol. The minimum absolute atomic E-state index is 0.0477. The van der Waals surface area contributed by atoms with E-state index in [0.717, 1.165) is 18.2 Å². The number of rotatable bonds is 4. The molecule has 0 saturated heterocycles. The number of carbonyl (C=O) groups excluding carboxylic acids is 2. The van der Waals surface area contributed by atoms with Crippen molar-refractivity contribution in [3.05, 3.63) is 29.3 Å². The third-order valence-electron chi connectivity index (χ3n) is 3.67. The van der Waals surface area contributed by atoms with Crippen molar-refractivity contribution in [2.24, 2.45) is 0 Å². The Bertz CT molecular complexity index is 639. The zero-order chi connectivity index (χ0) is 16.5. The molecule has 0 saturated carbocycles. The molecule has 3 N–H and O–H groups in total. The Hall–Kier alpha value is -2.41. The fourth-order valence-corrected chi connectivity index (χ4v) is 2.30. The summed E-state index contributed by atoms with van der Waals surface area (Å²) in [6.07, 6.45) is 0.670. The van der Waals surface area contributed by atoms with Crippen LogP contribution < -0.4 is 10.2 Å². The molecular formula is C15H18N2O5. The molecule has 2 amide bonds. The molecule has 1 aromatic rings. The van der Waals surface area contributed by atoms with Gasteiger partial charge in [-0.1, -0.05) is 0 Å². The molecule has 7 heteroatoms. The Morgan fingerprint density at radius 3 is 2.64 bits per heavy atom. The molecule has 7 nitrogen and oxygen atoms in total. The topological polar surface area (TPSA) is 107 Å². The van der Waals surface area contributed by atoms with E-state index in [2.05, 4.69) is 5.32 Å². The van der Waals surface area contributed by atoms with E-state index in [4.69, 9.17) is 5.11 Å². The van der Waals surface area contributed by atoms with Crippen molar-refractivity contribution in [2.75, 3.05) is 18.0 Å². The molecule has 22 heavy (non-hydrogen) atoms. The molecule has 1 atom stereocenters. The van der Waals surface area contributed by atoms with E-state index in [1.54, 1.807) is 23.1 Å². The Kier molecular flexibility index (Phi) is 4.18. The summed E-state index contributed by atoms with van der Waals surface area (Å²) in [5.41, 5.74) is 0.0393. The van der Waals surface area contributed by atoms with Gasteiger partial charge in [-0.25, -0.2) is 4.79 Å². The number of carbonyl (C=O) groups is 3. The molecule has 1 aliphatic heterocycles. The third-order valence-corrected chi connectivity index (χ3v) is 3.67. The van der Waals surface area contributed by atoms with Crippen LogP contribution in [0.3, 0.4) is 0 Å². The first kappa shape index (κ1) is 16.0. The van der Waals surface area contributed by atoms with E-state index >= 15 is 0 Å². The highest BCUT2D eigenvalue weighted by Crippen LogP contribution is 2.28. The van der Waals surface area contributed by atoms with Gasteiger partial charge in [-0.15, -0.1) is 0 Å². The maximum Gasteiger partial charge on any atom is 0.337 e. The number of nitrogens with zero attached hydrogens (tertiary/aromatic N) is 1. The standard InChI is InChI=1S/C15H18N2O5/c1-9(18)17-6-5-10-7-11(3-4-12(10)17)13(19)16-8-15(2,22)14(20)21/h3-4,7,22H,5-6,8H2,1-2H3,(H,16,19)(H,20,21). The normalized spacial score (nSPS) is 15.9. The Morgan fingerprint density at radius 1 is 1.36 bits per heavy atom. The summed E-state index contributed by atoms with van der Waals surface area (Å²) in [6, 6.07) is 4.96. The molecule has 1 aromatic carbocycles. The highest BCUT2D eigenvalue weighted by atomic mass is 16.4. The van der Waals surface area contributed by atoms with Gasteiger partial charge in [-0.2, -0.15) is 0 Å². The van der Waals surface area contributed by atoms with Gasteiger partial charge >= 0.3 is 5.97 Å². The number of aliphatic hydroxyl groups is 1. The van der Waals surface area contributed by atoms with Crippen molar-refractivity contribution < 1.29 is 24.6 Å². The molecule has 2 rings (SSSR count). The largest absolute Gasteiger partial charge is 0.479 e. The number of benzene rings is 1. The fourth-order valence-electron chi connectivity index (χ4n) is 2.30. The zero-order valence-corrected chi connectivity index (χ0v) is 12.4. The maximum atomic E-state index is 12.0. The van der Waals surface area contributed by atoms with Gasteiger partial charge < -0.3 is 20.4 Å². The van der Waals surface area contributed by atoms with Gasteiger partial charge in [-0.05, 0) is 37.1 Å². The molecular weight excluding hydrogens is 288 g/mol. The van der Waals surface area contributed by atoms with Crippen molar-refractivity contribution in [3.8, 4) is 0 Å². The second-order valence-corrected chi connectivity index (χ2v) is 5.53. The van der Waals surface area contributed by atoms with Crippen LogP contribution in [-0.4, -0.2) is 46.7 Å². The first-order valence-electron chi connectivity index (χ1n) is 6.87. The smallest absolute Gasteiger partial charge is 0.337 e. The number of fused-ring (bicyclic) bond motifs is 1. The lowest BCUT2D eigenvalue weighted by atomic mass is 10.1. The molecule has 1 aliphatic rings. The van der Waals surface area contributed by atoms with Crippen LogP contribution in [-0.2, 0) is 16.0 Å². The first-order valence-corrected chi connectivity index (χ1v) is 6.87. The van der Waals surface area contributed by atoms with Crippen LogP contribution in [0.25, 0.3) is 0 Å². The van der Waals surface area contributed by atoms with E-state index in [9.17, 15) is 19.5 Å². The van der Waals surface area contributed by atoms with Gasteiger partial charge in [0.15, 0.2) is 5.60 Å². The predicted octanol–water partition coefficient (Wildman–Crippen LogP) is 0.161. The molecule has 0 bridgehead atoms. The lowest BCUT2D eigenvalue weighted by Gasteiger charge is -2.18. The number of hydrogen-bond acceptors (Lipinski definition) is 4. The summed E-state index contributed by atoms with van der Waals surface area (Å²) in [5, 5.41) is 20.8. The second-order valence-electron chi connectivity index (χ2n) is 5.53. The number of anilines is 1. The maximum absolute atomic E-state index is 12.0. The predicted molar refractivity (Wildman–Crippen MR) is 78.8 cm³/mol. The zero-order valence-electron chi connectivity index (χ0n) is 12.4. The molecule has 0 fully saturated rings. The van der Waals surface area contributed by atoms with Crippen LogP contribution in [0.2, 0.25) is 0 Å². The van der Waals surface area contributed by atoms with Crippen molar-refractivity contribution in [1.82, 2.24) is 5.32 Å². The summed E-state index contributed by atoms with van der Waals surface area (Å²) in [6.45, 7) is 2.80. The van der Waals surface area contributed by atoms with Gasteiger partial charge in [0, 0.05) is 24.7 Å². The lowest BCUT2D eigenvalue weighted by molar-refractivity contribution is -0.155. The summed E-state index contributed by atoms with van der Waals surface area (Å²) >= 11 is 0. The van der Waals surface area contributed by atoms with Crippen LogP contribution in [0.15, 0.2) is 18.2 Å². The molecule has 1 heterocycles. The molecule has 118 valence electrons. The van der Waals surface area contributed by atoms with Gasteiger partial charge in [-0.3, -0.25) is 9.59 Å². The Morgan fingerprint density at radius 2 is 2.05 bits per heavy atom. The van der Waals surface area contributed by atoms with E-state index in [1.165, 1.54) is 6.92 Å². The number of amides is 2. The summed E-state index contributed by atoms with van der Waals surface area (Å²) in [4.78, 5) is 35.9. The van der Waals surface area contributed by atoms with Crippen LogP contribution in [0.4, 0.5) is 5.69 Å². The van der Waals surface area contributed by atoms with Crippen LogP contribution >= 0.6 is 0 Å². The van der Waals surface area contributed by atoms with Crippen molar-refractivity contribution >= 4 is 23.5 Å². The number of aliphatic carboxylic acids is 1. The minimum Gasteiger partial charge on any atom is -0.479 e. The van der Waals surface area contributed by atoms with E-state index in [1.807, 2.05) is 0 Å². The summed E-state index contributed by atoms with van der Waals surface area (Å²) < 4.78 is 0. The summed E-state index contributed by atoms with van der Waals surface area (Å²) in [7, 11) is 0. The highest BCUT2D eigenvalue weighted by Gasteiger charge is 2.30. The van der Waals surface area contributed by atoms with Gasteiger partial charge in [0.05, 0.1) is 6.54 Å². The Labute approximate surface area is 127 Å². The van der Waals surface area contributed by atoms with Crippen LogP contribution in [0.5, 0.6) is 0 Å². The van der Waals surface area contributed by atoms with Gasteiger partial charge in [0.1, 0.15) is 0 Å². The third kappa shape index (κ3) is 3.09. The number of nitrogens with one attached hydrogen (secondary N) is 1. The molecule has 0 aromatic heterocycles. The number of hydrogen-bond donors (Lipinski definition) is 3. The first-order chi connectivity index (χ1) is 10.2. The monoisotopic (exact) mass is 306 g/mol. The SMILES string of the molecule is CC(=O)N1CCc2cc(C(=O)NCC(C)(O)C(=O)O)ccc21. The molecule has 0 radical (unpaired) electrons. The molecule has 0 aliphatic carbocycles. The second kappa shape index (κ2) is 5.76. The lowest BCUT2D eigenvalue weighted by Crippen LogP contribution is -2.46. The average Bonchev–Trinajstić information content (AvgIpc) is 2.87. The fraction of sp³-hybridized carbons (Fsp3) is 0.400. The van der Waals surface area contributed by atoms with Crippen molar-refractivity contribution in [1.29, 1.82) is 0 Å². The number of carboxylic acids is 1. The van der Waals surface area contributed by atoms with E-state index < -0.39 is 24.0 Å². The molecule has 1 unspecified atom stereocenters. The van der Waals surface area contributed by atoms with E-state index in [0.29, 0.717) is 18.5 Å². The highest BCUT2D eigenvalue weighted by molar-refractivity contribution is 5.98. The summed E-state index contributed by atoms with van der Waals surface area (Å²) in [5.74, 6) is -1.92. The van der Waals surface area contributed by atoms with Crippen molar-refractivity contribution in [3.63, 3.8) is 0 Å². The Balaban J connectivity index is 2.10. The minimum atomic E-state index is -2.02. The van der Waals surface area contributed by atoms with Crippen molar-refractivity contribution in [2.45, 2.75) is 25.9 Å². The number of carboxylic acid groups (broad SMARTS) is 1. The van der Waals surface area contributed by atoms with E-state index in [-0.39, 0.29) is 5.91 Å². The van der Waals surface area contributed by atoms with Gasteiger partial charge in [0.25, 0.3) is 5.91 Å².